The van der Waals surface area contributed by atoms with E-state index >= 15 is 0 Å². The van der Waals surface area contributed by atoms with Gasteiger partial charge < -0.3 is 5.11 Å². The molecule has 1 atom stereocenters. The molecule has 0 aliphatic heterocycles. The summed E-state index contributed by atoms with van der Waals surface area (Å²) in [5.41, 5.74) is -0.296. The minimum Gasteiger partial charge on any atom is -0.481 e. The Morgan fingerprint density at radius 2 is 2.43 bits per heavy atom. The smallest absolute Gasteiger partial charge is 0.343 e. The molecule has 6 nitrogen and oxygen atoms in total. The van der Waals surface area contributed by atoms with Gasteiger partial charge in [-0.25, -0.2) is 9.89 Å². The molecule has 1 unspecified atom stereocenters. The summed E-state index contributed by atoms with van der Waals surface area (Å²) in [6, 6.07) is 0. The van der Waals surface area contributed by atoms with Crippen LogP contribution in [0.15, 0.2) is 9.95 Å². The van der Waals surface area contributed by atoms with E-state index in [-0.39, 0.29) is 17.4 Å². The predicted molar refractivity (Wildman–Crippen MR) is 51.4 cm³/mol. The maximum Gasteiger partial charge on any atom is 0.343 e. The predicted octanol–water partition coefficient (Wildman–Crippen LogP) is 0.0637. The summed E-state index contributed by atoms with van der Waals surface area (Å²) < 4.78 is 1.35. The van der Waals surface area contributed by atoms with Crippen molar-refractivity contribution in [3.05, 3.63) is 10.5 Å². The third-order valence-electron chi connectivity index (χ3n) is 1.61. The van der Waals surface area contributed by atoms with Crippen molar-refractivity contribution >= 4 is 17.7 Å². The highest BCUT2D eigenvalue weighted by Crippen LogP contribution is 2.21. The molecule has 14 heavy (non-hydrogen) atoms. The van der Waals surface area contributed by atoms with Gasteiger partial charge in [0.1, 0.15) is 0 Å². The van der Waals surface area contributed by atoms with E-state index in [0.29, 0.717) is 5.16 Å². The van der Waals surface area contributed by atoms with Crippen LogP contribution in [0.5, 0.6) is 0 Å². The van der Waals surface area contributed by atoms with Crippen LogP contribution in [0.3, 0.4) is 0 Å². The lowest BCUT2D eigenvalue weighted by Crippen LogP contribution is -2.14. The summed E-state index contributed by atoms with van der Waals surface area (Å²) in [4.78, 5) is 21.3. The number of carboxylic acids is 1. The highest BCUT2D eigenvalue weighted by molar-refractivity contribution is 7.99. The van der Waals surface area contributed by atoms with E-state index in [1.807, 2.05) is 0 Å². The second-order valence-corrected chi connectivity index (χ2v) is 4.30. The van der Waals surface area contributed by atoms with E-state index in [2.05, 4.69) is 10.2 Å². The highest BCUT2D eigenvalue weighted by atomic mass is 32.2. The van der Waals surface area contributed by atoms with Gasteiger partial charge in [-0.1, -0.05) is 18.7 Å². The van der Waals surface area contributed by atoms with Gasteiger partial charge in [0.15, 0.2) is 5.16 Å². The van der Waals surface area contributed by atoms with Crippen LogP contribution >= 0.6 is 11.8 Å². The maximum absolute atomic E-state index is 11.0. The van der Waals surface area contributed by atoms with E-state index in [4.69, 9.17) is 5.11 Å². The van der Waals surface area contributed by atoms with Gasteiger partial charge in [0.25, 0.3) is 0 Å². The summed E-state index contributed by atoms with van der Waals surface area (Å²) in [5.74, 6) is -0.856. The molecule has 0 saturated carbocycles. The second kappa shape index (κ2) is 4.32. The molecule has 0 aliphatic carbocycles. The monoisotopic (exact) mass is 217 g/mol. The highest BCUT2D eigenvalue weighted by Gasteiger charge is 2.13. The summed E-state index contributed by atoms with van der Waals surface area (Å²) in [6.07, 6.45) is 0.0473. The first-order valence-corrected chi connectivity index (χ1v) is 4.88. The average molecular weight is 217 g/mol. The molecule has 0 fully saturated rings. The molecule has 1 rings (SSSR count). The number of aliphatic carboxylic acids is 1. The minimum absolute atomic E-state index is 0.0473. The zero-order valence-corrected chi connectivity index (χ0v) is 8.67. The van der Waals surface area contributed by atoms with Crippen molar-refractivity contribution in [2.75, 3.05) is 0 Å². The van der Waals surface area contributed by atoms with Crippen LogP contribution in [0.25, 0.3) is 0 Å². The largest absolute Gasteiger partial charge is 0.481 e. The topological polar surface area (TPSA) is 88.0 Å². The molecular formula is C7H11N3O3S. The third kappa shape index (κ3) is 2.63. The maximum atomic E-state index is 11.0. The number of hydrogen-bond acceptors (Lipinski definition) is 4. The van der Waals surface area contributed by atoms with Crippen LogP contribution in [-0.2, 0) is 11.8 Å². The molecule has 1 heterocycles. The van der Waals surface area contributed by atoms with Crippen LogP contribution < -0.4 is 5.69 Å². The Kier molecular flexibility index (Phi) is 3.34. The lowest BCUT2D eigenvalue weighted by atomic mass is 10.3. The zero-order chi connectivity index (χ0) is 10.7. The molecule has 2 N–H and O–H groups in total. The molecule has 78 valence electrons. The van der Waals surface area contributed by atoms with Gasteiger partial charge in [-0.3, -0.25) is 9.36 Å². The fourth-order valence-corrected chi connectivity index (χ4v) is 1.83. The Bertz CT molecular complexity index is 384. The summed E-state index contributed by atoms with van der Waals surface area (Å²) >= 11 is 1.26. The Hall–Kier alpha value is -1.24. The van der Waals surface area contributed by atoms with Crippen molar-refractivity contribution in [1.82, 2.24) is 14.8 Å². The standard InChI is InChI=1S/C7H11N3O3S/c1-4(3-5(11)12)14-7-9-8-6(13)10(7)2/h4H,3H2,1-2H3,(H,8,13)(H,11,12). The van der Waals surface area contributed by atoms with Crippen LogP contribution in [0.4, 0.5) is 0 Å². The Morgan fingerprint density at radius 1 is 1.79 bits per heavy atom. The number of nitrogens with one attached hydrogen (secondary N) is 1. The number of aromatic nitrogens is 3. The van der Waals surface area contributed by atoms with Crippen molar-refractivity contribution in [2.45, 2.75) is 23.8 Å². The number of carboxylic acid groups (broad SMARTS) is 1. The SMILES string of the molecule is CC(CC(=O)O)Sc1n[nH]c(=O)n1C. The van der Waals surface area contributed by atoms with E-state index in [1.54, 1.807) is 14.0 Å². The zero-order valence-electron chi connectivity index (χ0n) is 7.85. The van der Waals surface area contributed by atoms with Gasteiger partial charge in [-0.05, 0) is 0 Å². The van der Waals surface area contributed by atoms with Crippen LogP contribution in [0.2, 0.25) is 0 Å². The molecule has 0 aliphatic rings. The van der Waals surface area contributed by atoms with E-state index in [9.17, 15) is 9.59 Å². The molecule has 0 radical (unpaired) electrons. The second-order valence-electron chi connectivity index (χ2n) is 2.90. The van der Waals surface area contributed by atoms with Gasteiger partial charge in [-0.2, -0.15) is 0 Å². The average Bonchev–Trinajstić information content (AvgIpc) is 2.34. The summed E-state index contributed by atoms with van der Waals surface area (Å²) in [5, 5.41) is 15.0. The molecule has 1 aromatic rings. The fraction of sp³-hybridized carbons (Fsp3) is 0.571. The van der Waals surface area contributed by atoms with Gasteiger partial charge in [0.2, 0.25) is 0 Å². The number of hydrogen-bond donors (Lipinski definition) is 2. The quantitative estimate of drug-likeness (QED) is 0.696. The molecule has 0 saturated heterocycles. The van der Waals surface area contributed by atoms with Gasteiger partial charge >= 0.3 is 11.7 Å². The lowest BCUT2D eigenvalue weighted by molar-refractivity contribution is -0.136. The first-order chi connectivity index (χ1) is 6.50. The van der Waals surface area contributed by atoms with Crippen molar-refractivity contribution in [2.24, 2.45) is 7.05 Å². The number of carbonyl (C=O) groups is 1. The van der Waals surface area contributed by atoms with Crippen molar-refractivity contribution in [1.29, 1.82) is 0 Å². The molecule has 0 bridgehead atoms. The van der Waals surface area contributed by atoms with Crippen molar-refractivity contribution in [3.8, 4) is 0 Å². The summed E-state index contributed by atoms with van der Waals surface area (Å²) in [7, 11) is 1.58. The van der Waals surface area contributed by atoms with Gasteiger partial charge in [-0.15, -0.1) is 5.10 Å². The lowest BCUT2D eigenvalue weighted by Gasteiger charge is -2.05. The van der Waals surface area contributed by atoms with E-state index < -0.39 is 5.97 Å². The van der Waals surface area contributed by atoms with E-state index in [0.717, 1.165) is 0 Å². The number of H-pyrrole nitrogens is 1. The first kappa shape index (κ1) is 10.8. The first-order valence-electron chi connectivity index (χ1n) is 4.00. The van der Waals surface area contributed by atoms with Crippen LogP contribution in [-0.4, -0.2) is 31.1 Å². The van der Waals surface area contributed by atoms with Crippen LogP contribution in [0, 0.1) is 0 Å². The van der Waals surface area contributed by atoms with Crippen molar-refractivity contribution in [3.63, 3.8) is 0 Å². The normalized spacial score (nSPS) is 12.7. The number of rotatable bonds is 4. The van der Waals surface area contributed by atoms with Gasteiger partial charge in [0, 0.05) is 12.3 Å². The number of aromatic amines is 1. The molecule has 0 aromatic carbocycles. The third-order valence-corrected chi connectivity index (χ3v) is 2.75. The van der Waals surface area contributed by atoms with Crippen LogP contribution in [0.1, 0.15) is 13.3 Å². The molecule has 0 spiro atoms. The fourth-order valence-electron chi connectivity index (χ4n) is 0.905. The van der Waals surface area contributed by atoms with E-state index in [1.165, 1.54) is 16.3 Å². The minimum atomic E-state index is -0.856. The number of nitrogens with zero attached hydrogens (tertiary/aromatic N) is 2. The Balaban J connectivity index is 2.65. The summed E-state index contributed by atoms with van der Waals surface area (Å²) in [6.45, 7) is 1.78. The number of thioether (sulfide) groups is 1. The van der Waals surface area contributed by atoms with Gasteiger partial charge in [0.05, 0.1) is 6.42 Å². The van der Waals surface area contributed by atoms with Crippen molar-refractivity contribution < 1.29 is 9.90 Å². The molecule has 1 aromatic heterocycles. The Morgan fingerprint density at radius 3 is 2.86 bits per heavy atom. The molecule has 7 heteroatoms. The molecule has 0 amide bonds. The molecular weight excluding hydrogens is 206 g/mol. The Labute approximate surface area is 84.3 Å².